The molecule has 1 aliphatic rings. The summed E-state index contributed by atoms with van der Waals surface area (Å²) in [6.07, 6.45) is 0. The van der Waals surface area contributed by atoms with Gasteiger partial charge in [-0.05, 0) is 30.7 Å². The molecule has 25 heavy (non-hydrogen) atoms. The summed E-state index contributed by atoms with van der Waals surface area (Å²) in [5, 5.41) is 3.88. The first-order valence-electron chi connectivity index (χ1n) is 8.34. The summed E-state index contributed by atoms with van der Waals surface area (Å²) in [7, 11) is 0. The number of piperazine rings is 1. The van der Waals surface area contributed by atoms with Crippen LogP contribution < -0.4 is 5.32 Å². The minimum atomic E-state index is -0.120. The van der Waals surface area contributed by atoms with Crippen molar-refractivity contribution in [3.05, 3.63) is 64.1 Å². The molecule has 0 aromatic heterocycles. The van der Waals surface area contributed by atoms with E-state index >= 15 is 0 Å². The Morgan fingerprint density at radius 1 is 1.00 bits per heavy atom. The van der Waals surface area contributed by atoms with Crippen LogP contribution in [0.5, 0.6) is 0 Å². The van der Waals surface area contributed by atoms with E-state index in [9.17, 15) is 4.79 Å². The Labute approximate surface area is 158 Å². The van der Waals surface area contributed by atoms with E-state index in [-0.39, 0.29) is 6.03 Å². The molecule has 0 spiro atoms. The Morgan fingerprint density at radius 2 is 1.60 bits per heavy atom. The van der Waals surface area contributed by atoms with Crippen molar-refractivity contribution in [1.29, 1.82) is 0 Å². The fourth-order valence-electron chi connectivity index (χ4n) is 3.08. The minimum Gasteiger partial charge on any atom is -0.322 e. The number of urea groups is 1. The topological polar surface area (TPSA) is 35.6 Å². The third kappa shape index (κ3) is 4.66. The molecule has 132 valence electrons. The summed E-state index contributed by atoms with van der Waals surface area (Å²) in [5.41, 5.74) is 1.91. The van der Waals surface area contributed by atoms with E-state index in [1.54, 1.807) is 18.2 Å². The van der Waals surface area contributed by atoms with Gasteiger partial charge in [0.05, 0.1) is 0 Å². The first kappa shape index (κ1) is 18.1. The number of benzene rings is 2. The van der Waals surface area contributed by atoms with Gasteiger partial charge in [0.2, 0.25) is 0 Å². The molecule has 1 atom stereocenters. The van der Waals surface area contributed by atoms with Crippen molar-refractivity contribution in [2.24, 2.45) is 0 Å². The summed E-state index contributed by atoms with van der Waals surface area (Å²) >= 11 is 12.0. The van der Waals surface area contributed by atoms with Gasteiger partial charge in [-0.25, -0.2) is 4.79 Å². The predicted octanol–water partition coefficient (Wildman–Crippen LogP) is 4.90. The Hall–Kier alpha value is -1.75. The third-order valence-electron chi connectivity index (χ3n) is 4.54. The number of anilines is 1. The Bertz CT molecular complexity index is 710. The van der Waals surface area contributed by atoms with Crippen LogP contribution in [0.3, 0.4) is 0 Å². The summed E-state index contributed by atoms with van der Waals surface area (Å²) in [4.78, 5) is 16.7. The molecule has 2 aromatic carbocycles. The van der Waals surface area contributed by atoms with E-state index in [0.29, 0.717) is 34.9 Å². The van der Waals surface area contributed by atoms with Crippen LogP contribution >= 0.6 is 23.2 Å². The zero-order valence-corrected chi connectivity index (χ0v) is 15.6. The second-order valence-corrected chi connectivity index (χ2v) is 7.07. The number of nitrogens with zero attached hydrogens (tertiary/aromatic N) is 2. The van der Waals surface area contributed by atoms with Gasteiger partial charge in [-0.3, -0.25) is 4.90 Å². The van der Waals surface area contributed by atoms with Crippen molar-refractivity contribution < 1.29 is 4.79 Å². The van der Waals surface area contributed by atoms with Crippen LogP contribution in [-0.4, -0.2) is 42.0 Å². The highest BCUT2D eigenvalue weighted by Gasteiger charge is 2.24. The van der Waals surface area contributed by atoms with Crippen molar-refractivity contribution >= 4 is 34.9 Å². The molecule has 2 amide bonds. The maximum Gasteiger partial charge on any atom is 0.321 e. The Kier molecular flexibility index (Phi) is 5.84. The summed E-state index contributed by atoms with van der Waals surface area (Å²) in [6.45, 7) is 5.28. The van der Waals surface area contributed by atoms with Crippen LogP contribution in [0.1, 0.15) is 18.5 Å². The van der Waals surface area contributed by atoms with E-state index in [0.717, 1.165) is 13.1 Å². The number of carbonyl (C=O) groups excluding carboxylic acids is 1. The summed E-state index contributed by atoms with van der Waals surface area (Å²) in [5.74, 6) is 0. The molecule has 0 saturated carbocycles. The second-order valence-electron chi connectivity index (χ2n) is 6.20. The Balaban J connectivity index is 1.55. The van der Waals surface area contributed by atoms with Crippen LogP contribution in [0.2, 0.25) is 10.0 Å². The zero-order valence-electron chi connectivity index (χ0n) is 14.1. The smallest absolute Gasteiger partial charge is 0.321 e. The SMILES string of the molecule is CC(c1ccccc1)N1CCN(C(=O)Nc2cc(Cl)cc(Cl)c2)CC1. The average Bonchev–Trinajstić information content (AvgIpc) is 2.61. The number of nitrogens with one attached hydrogen (secondary N) is 1. The van der Waals surface area contributed by atoms with Gasteiger partial charge in [0.15, 0.2) is 0 Å². The summed E-state index contributed by atoms with van der Waals surface area (Å²) in [6, 6.07) is 15.7. The highest BCUT2D eigenvalue weighted by atomic mass is 35.5. The van der Waals surface area contributed by atoms with Gasteiger partial charge in [0.25, 0.3) is 0 Å². The molecule has 2 aromatic rings. The molecule has 1 saturated heterocycles. The quantitative estimate of drug-likeness (QED) is 0.824. The van der Waals surface area contributed by atoms with E-state index < -0.39 is 0 Å². The molecule has 4 nitrogen and oxygen atoms in total. The van der Waals surface area contributed by atoms with Crippen LogP contribution in [0.25, 0.3) is 0 Å². The first-order chi connectivity index (χ1) is 12.0. The molecule has 1 N–H and O–H groups in total. The Morgan fingerprint density at radius 3 is 2.20 bits per heavy atom. The highest BCUT2D eigenvalue weighted by Crippen LogP contribution is 2.24. The lowest BCUT2D eigenvalue weighted by Crippen LogP contribution is -2.50. The largest absolute Gasteiger partial charge is 0.322 e. The van der Waals surface area contributed by atoms with E-state index in [4.69, 9.17) is 23.2 Å². The normalized spacial score (nSPS) is 16.5. The second kappa shape index (κ2) is 8.09. The standard InChI is InChI=1S/C19H21Cl2N3O/c1-14(15-5-3-2-4-6-15)23-7-9-24(10-8-23)19(25)22-18-12-16(20)11-17(21)13-18/h2-6,11-14H,7-10H2,1H3,(H,22,25). The fourth-order valence-corrected chi connectivity index (χ4v) is 3.61. The monoisotopic (exact) mass is 377 g/mol. The van der Waals surface area contributed by atoms with Gasteiger partial charge in [-0.15, -0.1) is 0 Å². The molecule has 1 fully saturated rings. The van der Waals surface area contributed by atoms with Gasteiger partial charge in [-0.2, -0.15) is 0 Å². The van der Waals surface area contributed by atoms with Crippen LogP contribution in [-0.2, 0) is 0 Å². The molecule has 1 unspecified atom stereocenters. The predicted molar refractivity (Wildman–Crippen MR) is 103 cm³/mol. The van der Waals surface area contributed by atoms with Gasteiger partial charge >= 0.3 is 6.03 Å². The van der Waals surface area contributed by atoms with Gasteiger partial charge < -0.3 is 10.2 Å². The number of halogens is 2. The van der Waals surface area contributed by atoms with E-state index in [2.05, 4.69) is 41.4 Å². The molecule has 6 heteroatoms. The minimum absolute atomic E-state index is 0.120. The molecule has 3 rings (SSSR count). The maximum absolute atomic E-state index is 12.4. The van der Waals surface area contributed by atoms with Crippen molar-refractivity contribution in [2.45, 2.75) is 13.0 Å². The molecular formula is C19H21Cl2N3O. The van der Waals surface area contributed by atoms with Gasteiger partial charge in [0, 0.05) is 48.0 Å². The van der Waals surface area contributed by atoms with Crippen LogP contribution in [0, 0.1) is 0 Å². The first-order valence-corrected chi connectivity index (χ1v) is 9.09. The zero-order chi connectivity index (χ0) is 17.8. The van der Waals surface area contributed by atoms with Crippen molar-refractivity contribution in [2.75, 3.05) is 31.5 Å². The maximum atomic E-state index is 12.4. The van der Waals surface area contributed by atoms with Crippen molar-refractivity contribution in [3.8, 4) is 0 Å². The molecular weight excluding hydrogens is 357 g/mol. The van der Waals surface area contributed by atoms with E-state index in [1.807, 2.05) is 11.0 Å². The number of rotatable bonds is 3. The third-order valence-corrected chi connectivity index (χ3v) is 4.98. The van der Waals surface area contributed by atoms with Gasteiger partial charge in [-0.1, -0.05) is 53.5 Å². The lowest BCUT2D eigenvalue weighted by molar-refractivity contribution is 0.119. The number of hydrogen-bond donors (Lipinski definition) is 1. The molecule has 0 radical (unpaired) electrons. The number of amides is 2. The fraction of sp³-hybridized carbons (Fsp3) is 0.316. The molecule has 0 bridgehead atoms. The van der Waals surface area contributed by atoms with Crippen molar-refractivity contribution in [3.63, 3.8) is 0 Å². The molecule has 0 aliphatic carbocycles. The molecule has 1 aliphatic heterocycles. The van der Waals surface area contributed by atoms with Crippen LogP contribution in [0.15, 0.2) is 48.5 Å². The summed E-state index contributed by atoms with van der Waals surface area (Å²) < 4.78 is 0. The lowest BCUT2D eigenvalue weighted by Gasteiger charge is -2.38. The van der Waals surface area contributed by atoms with E-state index in [1.165, 1.54) is 5.56 Å². The highest BCUT2D eigenvalue weighted by molar-refractivity contribution is 6.35. The number of carbonyl (C=O) groups is 1. The molecule has 1 heterocycles. The number of hydrogen-bond acceptors (Lipinski definition) is 2. The van der Waals surface area contributed by atoms with Crippen LogP contribution in [0.4, 0.5) is 10.5 Å². The average molecular weight is 378 g/mol. The van der Waals surface area contributed by atoms with Gasteiger partial charge in [0.1, 0.15) is 0 Å². The van der Waals surface area contributed by atoms with Crippen molar-refractivity contribution in [1.82, 2.24) is 9.80 Å². The lowest BCUT2D eigenvalue weighted by atomic mass is 10.1.